The molecular formula is C14H24O2. The van der Waals surface area contributed by atoms with Crippen LogP contribution in [0.3, 0.4) is 0 Å². The van der Waals surface area contributed by atoms with Crippen LogP contribution in [-0.2, 0) is 9.53 Å². The molecule has 0 N–H and O–H groups in total. The summed E-state index contributed by atoms with van der Waals surface area (Å²) < 4.78 is 4.17. The molecule has 0 heterocycles. The molecule has 0 aliphatic heterocycles. The van der Waals surface area contributed by atoms with Crippen LogP contribution in [0, 0.1) is 0 Å². The van der Waals surface area contributed by atoms with Gasteiger partial charge in [0.2, 0.25) is 0 Å². The first kappa shape index (κ1) is 14.9. The highest BCUT2D eigenvalue weighted by atomic mass is 16.5. The van der Waals surface area contributed by atoms with Crippen LogP contribution in [0.4, 0.5) is 0 Å². The van der Waals surface area contributed by atoms with E-state index in [9.17, 15) is 4.79 Å². The van der Waals surface area contributed by atoms with Crippen molar-refractivity contribution >= 4 is 5.97 Å². The maximum Gasteiger partial charge on any atom is 0.307 e. The Hall–Kier alpha value is -1.05. The second kappa shape index (κ2) is 10.5. The van der Waals surface area contributed by atoms with E-state index in [1.165, 1.54) is 51.9 Å². The van der Waals surface area contributed by atoms with Crippen LogP contribution in [-0.4, -0.2) is 5.97 Å². The zero-order valence-corrected chi connectivity index (χ0v) is 10.6. The lowest BCUT2D eigenvalue weighted by Crippen LogP contribution is -1.87. The second-order valence-corrected chi connectivity index (χ2v) is 3.99. The molecule has 1 saturated carbocycles. The van der Waals surface area contributed by atoms with Gasteiger partial charge in [0.1, 0.15) is 0 Å². The third-order valence-corrected chi connectivity index (χ3v) is 2.28. The number of allylic oxidation sites excluding steroid dienone is 2. The van der Waals surface area contributed by atoms with Gasteiger partial charge in [-0.2, -0.15) is 0 Å². The Bertz CT molecular complexity index is 223. The maximum absolute atomic E-state index is 9.75. The minimum Gasteiger partial charge on any atom is -0.435 e. The summed E-state index contributed by atoms with van der Waals surface area (Å²) in [7, 11) is 0. The molecule has 0 atom stereocenters. The van der Waals surface area contributed by atoms with Crippen LogP contribution in [0.1, 0.15) is 58.8 Å². The predicted molar refractivity (Wildman–Crippen MR) is 68.0 cm³/mol. The van der Waals surface area contributed by atoms with Gasteiger partial charge in [0.15, 0.2) is 0 Å². The normalized spacial score (nSPS) is 12.2. The van der Waals surface area contributed by atoms with Gasteiger partial charge in [0.25, 0.3) is 0 Å². The van der Waals surface area contributed by atoms with Crippen LogP contribution >= 0.6 is 0 Å². The lowest BCUT2D eigenvalue weighted by Gasteiger charge is -1.92. The topological polar surface area (TPSA) is 26.3 Å². The number of ether oxygens (including phenoxy) is 1. The molecule has 1 rings (SSSR count). The van der Waals surface area contributed by atoms with Crippen molar-refractivity contribution in [2.45, 2.75) is 58.8 Å². The molecule has 0 spiro atoms. The van der Waals surface area contributed by atoms with Crippen LogP contribution in [0.5, 0.6) is 0 Å². The molecular weight excluding hydrogens is 200 g/mol. The van der Waals surface area contributed by atoms with Crippen molar-refractivity contribution in [1.29, 1.82) is 0 Å². The highest BCUT2D eigenvalue weighted by Crippen LogP contribution is 2.28. The quantitative estimate of drug-likeness (QED) is 0.290. The fraction of sp³-hybridized carbons (Fsp3) is 0.643. The second-order valence-electron chi connectivity index (χ2n) is 3.99. The van der Waals surface area contributed by atoms with Crippen molar-refractivity contribution in [2.24, 2.45) is 0 Å². The van der Waals surface area contributed by atoms with Gasteiger partial charge in [-0.15, -0.1) is 0 Å². The molecule has 0 radical (unpaired) electrons. The standard InChI is InChI=1S/C10H18.C4H6O2/c1-2-3-4-5-6-7-10-8-9-10;1-3-6-4(2)5/h7H,2-6,8-9H2,1H3;3H,1H2,2H3. The third kappa shape index (κ3) is 12.9. The van der Waals surface area contributed by atoms with E-state index >= 15 is 0 Å². The number of hydrogen-bond donors (Lipinski definition) is 0. The fourth-order valence-corrected chi connectivity index (χ4v) is 1.27. The maximum atomic E-state index is 9.75. The highest BCUT2D eigenvalue weighted by Gasteiger charge is 2.08. The number of carbonyl (C=O) groups is 1. The Balaban J connectivity index is 0.000000325. The summed E-state index contributed by atoms with van der Waals surface area (Å²) in [6, 6.07) is 0. The molecule has 2 nitrogen and oxygen atoms in total. The van der Waals surface area contributed by atoms with Crippen LogP contribution in [0.15, 0.2) is 24.5 Å². The summed E-state index contributed by atoms with van der Waals surface area (Å²) >= 11 is 0. The van der Waals surface area contributed by atoms with Crippen molar-refractivity contribution in [3.05, 3.63) is 24.5 Å². The molecule has 0 amide bonds. The van der Waals surface area contributed by atoms with Crippen molar-refractivity contribution in [3.8, 4) is 0 Å². The average molecular weight is 224 g/mol. The van der Waals surface area contributed by atoms with E-state index in [0.29, 0.717) is 0 Å². The Morgan fingerprint density at radius 1 is 1.38 bits per heavy atom. The minimum absolute atomic E-state index is 0.329. The molecule has 0 aromatic carbocycles. The summed E-state index contributed by atoms with van der Waals surface area (Å²) in [5.41, 5.74) is 1.71. The molecule has 0 saturated heterocycles. The third-order valence-electron chi connectivity index (χ3n) is 2.28. The molecule has 92 valence electrons. The lowest BCUT2D eigenvalue weighted by atomic mass is 10.1. The van der Waals surface area contributed by atoms with Crippen LogP contribution < -0.4 is 0 Å². The Morgan fingerprint density at radius 2 is 2.06 bits per heavy atom. The average Bonchev–Trinajstić information content (AvgIpc) is 3.02. The van der Waals surface area contributed by atoms with Crippen molar-refractivity contribution < 1.29 is 9.53 Å². The first-order valence-electron chi connectivity index (χ1n) is 6.16. The van der Waals surface area contributed by atoms with Gasteiger partial charge in [-0.3, -0.25) is 4.79 Å². The van der Waals surface area contributed by atoms with Crippen molar-refractivity contribution in [2.75, 3.05) is 0 Å². The Labute approximate surface area is 99.4 Å². The first-order valence-corrected chi connectivity index (χ1v) is 6.16. The molecule has 0 unspecified atom stereocenters. The van der Waals surface area contributed by atoms with E-state index in [4.69, 9.17) is 0 Å². The fourth-order valence-electron chi connectivity index (χ4n) is 1.27. The van der Waals surface area contributed by atoms with E-state index in [1.54, 1.807) is 5.57 Å². The number of unbranched alkanes of at least 4 members (excludes halogenated alkanes) is 4. The van der Waals surface area contributed by atoms with Gasteiger partial charge >= 0.3 is 5.97 Å². The molecule has 0 aromatic heterocycles. The summed E-state index contributed by atoms with van der Waals surface area (Å²) in [5.74, 6) is -0.329. The number of carbonyl (C=O) groups excluding carboxylic acids is 1. The number of esters is 1. The van der Waals surface area contributed by atoms with Gasteiger partial charge in [0.05, 0.1) is 6.26 Å². The predicted octanol–water partition coefficient (Wildman–Crippen LogP) is 4.37. The van der Waals surface area contributed by atoms with Crippen molar-refractivity contribution in [1.82, 2.24) is 0 Å². The smallest absolute Gasteiger partial charge is 0.307 e. The van der Waals surface area contributed by atoms with Gasteiger partial charge in [-0.1, -0.05) is 44.4 Å². The SMILES string of the molecule is C=COC(C)=O.CCCCCCC=C1CC1. The Morgan fingerprint density at radius 3 is 2.44 bits per heavy atom. The van der Waals surface area contributed by atoms with Gasteiger partial charge in [0, 0.05) is 6.92 Å². The zero-order chi connectivity index (χ0) is 12.2. The Kier molecular flexibility index (Phi) is 9.78. The molecule has 2 heteroatoms. The van der Waals surface area contributed by atoms with Gasteiger partial charge < -0.3 is 4.74 Å². The lowest BCUT2D eigenvalue weighted by molar-refractivity contribution is -0.135. The van der Waals surface area contributed by atoms with E-state index in [2.05, 4.69) is 24.3 Å². The summed E-state index contributed by atoms with van der Waals surface area (Å²) in [6.07, 6.45) is 13.3. The molecule has 16 heavy (non-hydrogen) atoms. The van der Waals surface area contributed by atoms with Gasteiger partial charge in [-0.25, -0.2) is 0 Å². The number of rotatable bonds is 6. The van der Waals surface area contributed by atoms with Crippen molar-refractivity contribution in [3.63, 3.8) is 0 Å². The molecule has 0 aromatic rings. The zero-order valence-electron chi connectivity index (χ0n) is 10.6. The molecule has 1 fully saturated rings. The molecule has 1 aliphatic carbocycles. The van der Waals surface area contributed by atoms with E-state index in [1.807, 2.05) is 0 Å². The monoisotopic (exact) mass is 224 g/mol. The summed E-state index contributed by atoms with van der Waals surface area (Å²) in [6.45, 7) is 6.74. The van der Waals surface area contributed by atoms with Crippen LogP contribution in [0.25, 0.3) is 0 Å². The highest BCUT2D eigenvalue weighted by molar-refractivity contribution is 5.66. The first-order chi connectivity index (χ1) is 7.70. The van der Waals surface area contributed by atoms with E-state index in [0.717, 1.165) is 6.26 Å². The molecule has 1 aliphatic rings. The number of hydrogen-bond acceptors (Lipinski definition) is 2. The van der Waals surface area contributed by atoms with E-state index in [-0.39, 0.29) is 5.97 Å². The largest absolute Gasteiger partial charge is 0.435 e. The van der Waals surface area contributed by atoms with Crippen LogP contribution in [0.2, 0.25) is 0 Å². The summed E-state index contributed by atoms with van der Waals surface area (Å²) in [4.78, 5) is 9.75. The van der Waals surface area contributed by atoms with E-state index < -0.39 is 0 Å². The minimum atomic E-state index is -0.329. The molecule has 0 bridgehead atoms. The van der Waals surface area contributed by atoms with Gasteiger partial charge in [-0.05, 0) is 25.7 Å². The summed E-state index contributed by atoms with van der Waals surface area (Å²) in [5, 5.41) is 0.